The minimum atomic E-state index is -0.874. The van der Waals surface area contributed by atoms with Gasteiger partial charge in [-0.1, -0.05) is 12.1 Å². The number of nitrogens with one attached hydrogen (secondary N) is 2. The van der Waals surface area contributed by atoms with Crippen LogP contribution in [0.15, 0.2) is 51.6 Å². The van der Waals surface area contributed by atoms with Crippen LogP contribution >= 0.6 is 0 Å². The zero-order valence-corrected chi connectivity index (χ0v) is 19.6. The van der Waals surface area contributed by atoms with E-state index in [1.54, 1.807) is 13.2 Å². The van der Waals surface area contributed by atoms with Gasteiger partial charge in [-0.15, -0.1) is 5.11 Å². The lowest BCUT2D eigenvalue weighted by molar-refractivity contribution is -0.883. The van der Waals surface area contributed by atoms with Crippen LogP contribution in [0.3, 0.4) is 0 Å². The number of fused-ring (bicyclic) bond motifs is 1. The van der Waals surface area contributed by atoms with Gasteiger partial charge in [0.1, 0.15) is 30.1 Å². The number of nitrogens with zero attached hydrogens (tertiary/aromatic N) is 3. The van der Waals surface area contributed by atoms with E-state index in [2.05, 4.69) is 34.4 Å². The standard InChI is InChI=1S/C24H31N5O5/c1-23(2,10-11-24(26-14-27-28-24)16-4-6-17(33-3)7-5-16)25-12-21(31)18-8-9-20(30)19-13-29(32)15-34-22(18)19/h4-9,14,21,25,29-31H,10-13,15H2,1-3H3. The summed E-state index contributed by atoms with van der Waals surface area (Å²) in [6, 6.07) is 10.8. The number of aromatic hydroxyl groups is 1. The van der Waals surface area contributed by atoms with Crippen LogP contribution in [-0.4, -0.2) is 42.5 Å². The van der Waals surface area contributed by atoms with E-state index >= 15 is 0 Å². The normalized spacial score (nSPS) is 22.3. The van der Waals surface area contributed by atoms with Gasteiger partial charge in [-0.25, -0.2) is 4.99 Å². The average molecular weight is 470 g/mol. The van der Waals surface area contributed by atoms with E-state index in [1.165, 1.54) is 12.4 Å². The fourth-order valence-electron chi connectivity index (χ4n) is 4.22. The average Bonchev–Trinajstić information content (AvgIpc) is 3.32. The van der Waals surface area contributed by atoms with Crippen molar-refractivity contribution in [2.24, 2.45) is 15.2 Å². The van der Waals surface area contributed by atoms with E-state index in [4.69, 9.17) is 9.47 Å². The molecule has 3 unspecified atom stereocenters. The Morgan fingerprint density at radius 2 is 2.03 bits per heavy atom. The molecule has 34 heavy (non-hydrogen) atoms. The SMILES string of the molecule is COc1ccc(C2(CCC(C)(C)NCC(O)c3ccc(O)c4c3OC[NH+]([O-])C4)N=CN=N2)cc1. The molecule has 2 heterocycles. The summed E-state index contributed by atoms with van der Waals surface area (Å²) in [6.07, 6.45) is 1.94. The van der Waals surface area contributed by atoms with Crippen molar-refractivity contribution in [3.05, 3.63) is 58.3 Å². The van der Waals surface area contributed by atoms with Crippen LogP contribution < -0.4 is 19.9 Å². The number of benzene rings is 2. The molecule has 10 nitrogen and oxygen atoms in total. The minimum Gasteiger partial charge on any atom is -0.632 e. The molecule has 4 rings (SSSR count). The van der Waals surface area contributed by atoms with E-state index in [0.717, 1.165) is 11.3 Å². The molecule has 0 aliphatic carbocycles. The Balaban J connectivity index is 1.41. The number of hydrogen-bond donors (Lipinski definition) is 4. The molecule has 0 aromatic heterocycles. The Labute approximate surface area is 198 Å². The summed E-state index contributed by atoms with van der Waals surface area (Å²) in [5, 5.41) is 44.4. The van der Waals surface area contributed by atoms with Crippen molar-refractivity contribution < 1.29 is 24.7 Å². The highest BCUT2D eigenvalue weighted by Crippen LogP contribution is 2.38. The highest BCUT2D eigenvalue weighted by molar-refractivity contribution is 5.58. The maximum absolute atomic E-state index is 11.7. The van der Waals surface area contributed by atoms with Gasteiger partial charge < -0.3 is 35.3 Å². The summed E-state index contributed by atoms with van der Waals surface area (Å²) in [4.78, 5) is 4.56. The first-order valence-electron chi connectivity index (χ1n) is 11.3. The monoisotopic (exact) mass is 469 g/mol. The number of hydrogen-bond acceptors (Lipinski definition) is 9. The summed E-state index contributed by atoms with van der Waals surface area (Å²) >= 11 is 0. The number of quaternary nitrogens is 1. The first-order chi connectivity index (χ1) is 16.2. The Bertz CT molecular complexity index is 1060. The van der Waals surface area contributed by atoms with Gasteiger partial charge in [0.2, 0.25) is 6.73 Å². The molecule has 2 aliphatic heterocycles. The van der Waals surface area contributed by atoms with Gasteiger partial charge in [-0.05, 0) is 44.5 Å². The molecule has 2 aromatic rings. The Morgan fingerprint density at radius 3 is 2.71 bits per heavy atom. The van der Waals surface area contributed by atoms with Gasteiger partial charge in [0.05, 0.1) is 18.8 Å². The van der Waals surface area contributed by atoms with Gasteiger partial charge in [0, 0.05) is 29.6 Å². The lowest BCUT2D eigenvalue weighted by atomic mass is 9.88. The molecule has 0 saturated carbocycles. The fraction of sp³-hybridized carbons (Fsp3) is 0.458. The topological polar surface area (TPSA) is 136 Å². The molecule has 0 fully saturated rings. The summed E-state index contributed by atoms with van der Waals surface area (Å²) in [7, 11) is 1.63. The third-order valence-corrected chi connectivity index (χ3v) is 6.35. The molecule has 10 heteroatoms. The van der Waals surface area contributed by atoms with Gasteiger partial charge in [0.25, 0.3) is 0 Å². The van der Waals surface area contributed by atoms with Crippen molar-refractivity contribution in [3.8, 4) is 17.2 Å². The third-order valence-electron chi connectivity index (χ3n) is 6.35. The number of methoxy groups -OCH3 is 1. The number of rotatable bonds is 9. The summed E-state index contributed by atoms with van der Waals surface area (Å²) in [5.74, 6) is 1.16. The van der Waals surface area contributed by atoms with Crippen LogP contribution in [0.4, 0.5) is 0 Å². The van der Waals surface area contributed by atoms with Crippen molar-refractivity contribution in [1.82, 2.24) is 5.32 Å². The highest BCUT2D eigenvalue weighted by Gasteiger charge is 2.36. The van der Waals surface area contributed by atoms with Crippen molar-refractivity contribution in [2.45, 2.75) is 50.5 Å². The maximum atomic E-state index is 11.7. The van der Waals surface area contributed by atoms with Gasteiger partial charge in [0.15, 0.2) is 5.66 Å². The molecule has 0 saturated heterocycles. The number of aliphatic hydroxyl groups is 1. The fourth-order valence-corrected chi connectivity index (χ4v) is 4.22. The lowest BCUT2D eigenvalue weighted by Gasteiger charge is -2.33. The third kappa shape index (κ3) is 5.05. The maximum Gasteiger partial charge on any atom is 0.222 e. The number of phenols is 1. The van der Waals surface area contributed by atoms with E-state index in [-0.39, 0.29) is 36.2 Å². The minimum absolute atomic E-state index is 0.00222. The number of ether oxygens (including phenoxy) is 2. The van der Waals surface area contributed by atoms with Crippen LogP contribution in [0, 0.1) is 5.21 Å². The van der Waals surface area contributed by atoms with Crippen LogP contribution in [0.5, 0.6) is 17.2 Å². The molecular formula is C24H31N5O5. The second kappa shape index (κ2) is 9.67. The molecule has 2 aromatic carbocycles. The molecular weight excluding hydrogens is 438 g/mol. The van der Waals surface area contributed by atoms with Crippen molar-refractivity contribution in [1.29, 1.82) is 0 Å². The molecule has 0 spiro atoms. The number of azo groups is 1. The van der Waals surface area contributed by atoms with E-state index in [1.807, 2.05) is 24.3 Å². The van der Waals surface area contributed by atoms with Crippen LogP contribution in [0.2, 0.25) is 0 Å². The van der Waals surface area contributed by atoms with Crippen molar-refractivity contribution in [3.63, 3.8) is 0 Å². The predicted molar refractivity (Wildman–Crippen MR) is 126 cm³/mol. The van der Waals surface area contributed by atoms with E-state index in [0.29, 0.717) is 29.7 Å². The van der Waals surface area contributed by atoms with E-state index < -0.39 is 11.8 Å². The smallest absolute Gasteiger partial charge is 0.222 e. The summed E-state index contributed by atoms with van der Waals surface area (Å²) in [5.41, 5.74) is 0.789. The Kier molecular flexibility index (Phi) is 6.85. The van der Waals surface area contributed by atoms with Crippen LogP contribution in [0.25, 0.3) is 0 Å². The van der Waals surface area contributed by atoms with Crippen molar-refractivity contribution >= 4 is 6.34 Å². The van der Waals surface area contributed by atoms with Gasteiger partial charge in [-0.3, -0.25) is 0 Å². The van der Waals surface area contributed by atoms with Crippen LogP contribution in [0.1, 0.15) is 49.5 Å². The first kappa shape index (κ1) is 24.1. The number of β-amino-alcohol motifs (C(OH)–C–C–N with tert-alkyl or cyclic N) is 1. The molecule has 0 radical (unpaired) electrons. The lowest BCUT2D eigenvalue weighted by Crippen LogP contribution is -3.07. The molecule has 182 valence electrons. The number of aliphatic hydroxyl groups excluding tert-OH is 1. The Morgan fingerprint density at radius 1 is 1.26 bits per heavy atom. The quantitative estimate of drug-likeness (QED) is 0.416. The van der Waals surface area contributed by atoms with Gasteiger partial charge in [-0.2, -0.15) is 5.11 Å². The molecule has 4 N–H and O–H groups in total. The van der Waals surface area contributed by atoms with Gasteiger partial charge >= 0.3 is 0 Å². The number of aliphatic imine (C=N–C) groups is 1. The zero-order valence-electron chi connectivity index (χ0n) is 19.6. The zero-order chi connectivity index (χ0) is 24.3. The predicted octanol–water partition coefficient (Wildman–Crippen LogP) is 2.16. The summed E-state index contributed by atoms with van der Waals surface area (Å²) < 4.78 is 10.8. The second-order valence-corrected chi connectivity index (χ2v) is 9.27. The molecule has 2 aliphatic rings. The second-order valence-electron chi connectivity index (χ2n) is 9.27. The first-order valence-corrected chi connectivity index (χ1v) is 11.3. The molecule has 0 amide bonds. The van der Waals surface area contributed by atoms with Crippen LogP contribution in [-0.2, 0) is 12.2 Å². The summed E-state index contributed by atoms with van der Waals surface area (Å²) in [6.45, 7) is 4.42. The Hall–Kier alpha value is -3.05. The number of hydroxylamine groups is 2. The molecule has 3 atom stereocenters. The molecule has 0 bridgehead atoms. The number of phenolic OH excluding ortho intramolecular Hbond substituents is 1. The van der Waals surface area contributed by atoms with E-state index in [9.17, 15) is 15.4 Å². The highest BCUT2D eigenvalue weighted by atomic mass is 16.6. The largest absolute Gasteiger partial charge is 0.632 e. The van der Waals surface area contributed by atoms with Crippen molar-refractivity contribution in [2.75, 3.05) is 20.4 Å².